The Morgan fingerprint density at radius 1 is 1.08 bits per heavy atom. The summed E-state index contributed by atoms with van der Waals surface area (Å²) in [4.78, 5) is 16.9. The molecule has 6 heteroatoms. The first-order chi connectivity index (χ1) is 12.8. The number of nitrogens with zero attached hydrogens (tertiary/aromatic N) is 3. The van der Waals surface area contributed by atoms with Crippen LogP contribution in [0.15, 0.2) is 24.5 Å². The van der Waals surface area contributed by atoms with Crippen molar-refractivity contribution in [1.29, 1.82) is 0 Å². The molecule has 3 aromatic rings. The number of nitrogens with one attached hydrogen (secondary N) is 2. The van der Waals surface area contributed by atoms with E-state index < -0.39 is 0 Å². The number of fused-ring (bicyclic) bond motifs is 3. The number of hydrogen-bond acceptors (Lipinski definition) is 3. The van der Waals surface area contributed by atoms with Gasteiger partial charge in [0.2, 0.25) is 0 Å². The quantitative estimate of drug-likeness (QED) is 0.729. The molecule has 0 atom stereocenters. The number of H-pyrrole nitrogens is 1. The molecule has 1 saturated heterocycles. The van der Waals surface area contributed by atoms with Gasteiger partial charge in [-0.15, -0.1) is 0 Å². The van der Waals surface area contributed by atoms with Crippen molar-refractivity contribution in [2.45, 2.75) is 38.1 Å². The number of rotatable bonds is 2. The van der Waals surface area contributed by atoms with Crippen molar-refractivity contribution in [3.05, 3.63) is 29.5 Å². The van der Waals surface area contributed by atoms with Gasteiger partial charge in [0.15, 0.2) is 5.82 Å². The fourth-order valence-electron chi connectivity index (χ4n) is 4.82. The van der Waals surface area contributed by atoms with Gasteiger partial charge in [-0.3, -0.25) is 0 Å². The summed E-state index contributed by atoms with van der Waals surface area (Å²) < 4.78 is 0. The van der Waals surface area contributed by atoms with Gasteiger partial charge in [-0.05, 0) is 43.9 Å². The van der Waals surface area contributed by atoms with Crippen LogP contribution in [0.1, 0.15) is 32.1 Å². The van der Waals surface area contributed by atoms with Crippen molar-refractivity contribution >= 4 is 39.4 Å². The molecule has 1 saturated carbocycles. The highest BCUT2D eigenvalue weighted by Gasteiger charge is 2.29. The second-order valence-electron chi connectivity index (χ2n) is 7.72. The van der Waals surface area contributed by atoms with Crippen LogP contribution in [-0.4, -0.2) is 47.2 Å². The van der Waals surface area contributed by atoms with Gasteiger partial charge in [-0.1, -0.05) is 18.0 Å². The third kappa shape index (κ3) is 2.83. The van der Waals surface area contributed by atoms with Crippen LogP contribution in [0.5, 0.6) is 0 Å². The molecular weight excluding hydrogens is 346 g/mol. The topological polar surface area (TPSA) is 49.2 Å². The summed E-state index contributed by atoms with van der Waals surface area (Å²) in [6.07, 6.45) is 8.78. The third-order valence-corrected chi connectivity index (χ3v) is 6.45. The number of hydrogen-bond donors (Lipinski definition) is 2. The lowest BCUT2D eigenvalue weighted by molar-refractivity contribution is -0.927. The lowest BCUT2D eigenvalue weighted by Gasteiger charge is -2.38. The predicted molar refractivity (Wildman–Crippen MR) is 106 cm³/mol. The first-order valence-electron chi connectivity index (χ1n) is 9.81. The van der Waals surface area contributed by atoms with Gasteiger partial charge in [0, 0.05) is 15.9 Å². The first-order valence-corrected chi connectivity index (χ1v) is 10.2. The van der Waals surface area contributed by atoms with E-state index in [0.717, 1.165) is 51.9 Å². The molecule has 1 aliphatic carbocycles. The Bertz CT molecular complexity index is 922. The molecule has 3 heterocycles. The third-order valence-electron chi connectivity index (χ3n) is 6.21. The standard InChI is InChI=1S/C20H24ClN5/c21-14-6-7-17-16(12-14)18-19(24-17)20(23-13-22-18)26-10-8-25(9-11-26)15-4-2-1-3-5-15/h6-7,12-13,15,24H,1-5,8-11H2/p+1. The van der Waals surface area contributed by atoms with Crippen LogP contribution in [-0.2, 0) is 0 Å². The van der Waals surface area contributed by atoms with Gasteiger partial charge in [0.1, 0.15) is 17.4 Å². The Morgan fingerprint density at radius 3 is 2.69 bits per heavy atom. The van der Waals surface area contributed by atoms with E-state index in [9.17, 15) is 0 Å². The summed E-state index contributed by atoms with van der Waals surface area (Å²) in [5, 5.41) is 1.81. The van der Waals surface area contributed by atoms with Gasteiger partial charge < -0.3 is 14.8 Å². The molecule has 0 unspecified atom stereocenters. The summed E-state index contributed by atoms with van der Waals surface area (Å²) in [6, 6.07) is 6.80. The van der Waals surface area contributed by atoms with Gasteiger partial charge in [0.25, 0.3) is 0 Å². The monoisotopic (exact) mass is 370 g/mol. The Labute approximate surface area is 158 Å². The van der Waals surface area contributed by atoms with E-state index in [-0.39, 0.29) is 0 Å². The summed E-state index contributed by atoms with van der Waals surface area (Å²) in [7, 11) is 0. The molecule has 2 aliphatic rings. The molecule has 5 nitrogen and oxygen atoms in total. The lowest BCUT2D eigenvalue weighted by atomic mass is 9.94. The highest BCUT2D eigenvalue weighted by atomic mass is 35.5. The molecule has 0 bridgehead atoms. The number of benzene rings is 1. The highest BCUT2D eigenvalue weighted by Crippen LogP contribution is 2.30. The second kappa shape index (κ2) is 6.71. The van der Waals surface area contributed by atoms with E-state index in [4.69, 9.17) is 11.6 Å². The maximum absolute atomic E-state index is 6.18. The van der Waals surface area contributed by atoms with E-state index in [1.807, 2.05) is 18.2 Å². The largest absolute Gasteiger partial charge is 0.350 e. The average Bonchev–Trinajstić information content (AvgIpc) is 3.07. The van der Waals surface area contributed by atoms with Gasteiger partial charge in [-0.2, -0.15) is 0 Å². The number of anilines is 1. The zero-order valence-corrected chi connectivity index (χ0v) is 15.7. The number of piperazine rings is 1. The van der Waals surface area contributed by atoms with Crippen molar-refractivity contribution in [2.24, 2.45) is 0 Å². The molecule has 1 aliphatic heterocycles. The second-order valence-corrected chi connectivity index (χ2v) is 8.15. The Kier molecular flexibility index (Phi) is 4.21. The summed E-state index contributed by atoms with van der Waals surface area (Å²) >= 11 is 6.18. The first kappa shape index (κ1) is 16.3. The average molecular weight is 371 g/mol. The van der Waals surface area contributed by atoms with Gasteiger partial charge in [-0.25, -0.2) is 9.97 Å². The number of quaternary nitrogens is 1. The minimum Gasteiger partial charge on any atom is -0.350 e. The summed E-state index contributed by atoms with van der Waals surface area (Å²) in [5.41, 5.74) is 3.07. The van der Waals surface area contributed by atoms with Crippen LogP contribution < -0.4 is 9.80 Å². The lowest BCUT2D eigenvalue weighted by Crippen LogP contribution is -3.18. The van der Waals surface area contributed by atoms with Crippen molar-refractivity contribution in [3.8, 4) is 0 Å². The molecule has 1 aromatic carbocycles. The number of aromatic nitrogens is 3. The van der Waals surface area contributed by atoms with Crippen molar-refractivity contribution in [2.75, 3.05) is 31.1 Å². The number of aromatic amines is 1. The Morgan fingerprint density at radius 2 is 1.88 bits per heavy atom. The Balaban J connectivity index is 1.42. The molecule has 2 fully saturated rings. The van der Waals surface area contributed by atoms with Crippen LogP contribution in [0.25, 0.3) is 21.9 Å². The molecule has 2 aromatic heterocycles. The van der Waals surface area contributed by atoms with E-state index >= 15 is 0 Å². The smallest absolute Gasteiger partial charge is 0.156 e. The Hall–Kier alpha value is -1.85. The molecule has 2 N–H and O–H groups in total. The fraction of sp³-hybridized carbons (Fsp3) is 0.500. The molecule has 0 spiro atoms. The van der Waals surface area contributed by atoms with E-state index in [0.29, 0.717) is 0 Å². The SMILES string of the molecule is Clc1ccc2[nH]c3c(N4CC[NH+](C5CCCCC5)CC4)ncnc3c2c1. The van der Waals surface area contributed by atoms with E-state index in [2.05, 4.69) is 19.9 Å². The molecule has 136 valence electrons. The fourth-order valence-corrected chi connectivity index (χ4v) is 4.99. The summed E-state index contributed by atoms with van der Waals surface area (Å²) in [5.74, 6) is 1.03. The predicted octanol–water partition coefficient (Wildman–Crippen LogP) is 2.80. The van der Waals surface area contributed by atoms with E-state index in [1.165, 1.54) is 45.2 Å². The molecule has 26 heavy (non-hydrogen) atoms. The molecule has 0 radical (unpaired) electrons. The number of halogens is 1. The highest BCUT2D eigenvalue weighted by molar-refractivity contribution is 6.31. The van der Waals surface area contributed by atoms with Crippen molar-refractivity contribution < 1.29 is 4.90 Å². The van der Waals surface area contributed by atoms with Gasteiger partial charge in [0.05, 0.1) is 32.2 Å². The maximum Gasteiger partial charge on any atom is 0.156 e. The molecule has 5 rings (SSSR count). The minimum absolute atomic E-state index is 0.739. The van der Waals surface area contributed by atoms with Crippen LogP contribution in [0.2, 0.25) is 5.02 Å². The van der Waals surface area contributed by atoms with Crippen LogP contribution in [0.3, 0.4) is 0 Å². The zero-order chi connectivity index (χ0) is 17.5. The van der Waals surface area contributed by atoms with Crippen LogP contribution >= 0.6 is 11.6 Å². The molecular formula is C20H25ClN5+. The van der Waals surface area contributed by atoms with E-state index in [1.54, 1.807) is 11.2 Å². The van der Waals surface area contributed by atoms with Crippen LogP contribution in [0.4, 0.5) is 5.82 Å². The molecule has 0 amide bonds. The van der Waals surface area contributed by atoms with Crippen LogP contribution in [0, 0.1) is 0 Å². The maximum atomic E-state index is 6.18. The summed E-state index contributed by atoms with van der Waals surface area (Å²) in [6.45, 7) is 4.55. The zero-order valence-electron chi connectivity index (χ0n) is 15.0. The van der Waals surface area contributed by atoms with Crippen molar-refractivity contribution in [3.63, 3.8) is 0 Å². The van der Waals surface area contributed by atoms with Gasteiger partial charge >= 0.3 is 0 Å². The minimum atomic E-state index is 0.739. The van der Waals surface area contributed by atoms with Crippen molar-refractivity contribution in [1.82, 2.24) is 15.0 Å². The normalized spacial score (nSPS) is 20.3.